The van der Waals surface area contributed by atoms with Gasteiger partial charge >= 0.3 is 45.3 Å². The molecular formula is C84H106N15O30P3. The van der Waals surface area contributed by atoms with Gasteiger partial charge in [0.15, 0.2) is 64.4 Å². The summed E-state index contributed by atoms with van der Waals surface area (Å²) in [4.78, 5) is 144. The molecule has 0 bridgehead atoms. The normalized spacial score (nSPS) is 22.4. The fourth-order valence-electron chi connectivity index (χ4n) is 14.3. The molecule has 0 radical (unpaired) electrons. The number of amides is 2. The van der Waals surface area contributed by atoms with Gasteiger partial charge in [-0.1, -0.05) is 121 Å². The molecule has 4 aromatic carbocycles. The van der Waals surface area contributed by atoms with E-state index < -0.39 is 174 Å². The number of esters is 3. The molecule has 4 aliphatic rings. The molecule has 6 aromatic heterocycles. The molecule has 48 heteroatoms. The SMILES string of the molecule is CCOC(=O)C(OC[C@H]1O[C@@H](n2cnc3c(N(C(=O)OC(C)(C)C)C(=O)OC(C)(C)C)nc(Cc4ccccc4)nc32)[C@@H]2OC(C)(C)O[C@@H]21)P(C)(=O)OCc1ccccc1.CCOC(=O)[C@@H](OC[C@H]1O[C@@H](n2cnc3c(N)nc(Cc4ccccc4)nc32)[C@H](O)[C@@H]1O)P(=O)(O)O.CCOC(=O)[C@H](OC[C@H]1O[C@@H](n2cnc3c(N)nc(Cc4ccccc4)nc32)[C@H](O)[C@@H]1O)P(=O)(O)O. The Bertz CT molecular complexity index is 5600. The van der Waals surface area contributed by atoms with E-state index in [9.17, 15) is 77.7 Å². The molecule has 4 fully saturated rings. The summed E-state index contributed by atoms with van der Waals surface area (Å²) in [6.45, 7) is 17.7. The van der Waals surface area contributed by atoms with Crippen LogP contribution in [0.4, 0.5) is 27.0 Å². The number of nitrogens with zero attached hydrogens (tertiary/aromatic N) is 13. The van der Waals surface area contributed by atoms with Crippen LogP contribution in [0.2, 0.25) is 0 Å². The third kappa shape index (κ3) is 24.6. The van der Waals surface area contributed by atoms with Crippen molar-refractivity contribution in [2.24, 2.45) is 0 Å². The zero-order chi connectivity index (χ0) is 95.7. The molecule has 45 nitrogen and oxygen atoms in total. The maximum atomic E-state index is 14.0. The number of ether oxygens (including phenoxy) is 13. The summed E-state index contributed by atoms with van der Waals surface area (Å²) in [6.07, 6.45) is -11.2. The van der Waals surface area contributed by atoms with Crippen LogP contribution in [-0.2, 0) is 120 Å². The first-order chi connectivity index (χ1) is 62.3. The molecule has 0 spiro atoms. The molecule has 10 heterocycles. The van der Waals surface area contributed by atoms with E-state index in [4.69, 9.17) is 78.1 Å². The molecule has 14 rings (SSSR count). The highest BCUT2D eigenvalue weighted by Gasteiger charge is 2.58. The summed E-state index contributed by atoms with van der Waals surface area (Å²) in [5, 5.41) is 42.3. The summed E-state index contributed by atoms with van der Waals surface area (Å²) in [7, 11) is -13.9. The summed E-state index contributed by atoms with van der Waals surface area (Å²) in [5.74, 6) is -9.29. The smallest absolute Gasteiger partial charge is 0.425 e. The van der Waals surface area contributed by atoms with E-state index >= 15 is 0 Å². The summed E-state index contributed by atoms with van der Waals surface area (Å²) >= 11 is 0. The van der Waals surface area contributed by atoms with Gasteiger partial charge in [-0.25, -0.2) is 68.8 Å². The molecule has 2 amide bonds. The second-order valence-corrected chi connectivity index (χ2v) is 39.0. The number of aliphatic hydroxyl groups excluding tert-OH is 4. The number of imide groups is 1. The maximum Gasteiger partial charge on any atom is 0.425 e. The zero-order valence-corrected chi connectivity index (χ0v) is 76.6. The largest absolute Gasteiger partial charge is 0.464 e. The zero-order valence-electron chi connectivity index (χ0n) is 73.9. The highest BCUT2D eigenvalue weighted by molar-refractivity contribution is 7.59. The number of hydrogen-bond donors (Lipinski definition) is 10. The third-order valence-corrected chi connectivity index (χ3v) is 23.9. The van der Waals surface area contributed by atoms with Crippen LogP contribution in [0, 0.1) is 0 Å². The van der Waals surface area contributed by atoms with Gasteiger partial charge in [0.2, 0.25) is 13.2 Å². The molecule has 16 atom stereocenters. The summed E-state index contributed by atoms with van der Waals surface area (Å²) < 4.78 is 120. The van der Waals surface area contributed by atoms with Crippen LogP contribution in [-0.4, -0.2) is 264 Å². The first kappa shape index (κ1) is 100. The van der Waals surface area contributed by atoms with Gasteiger partial charge in [-0.15, -0.1) is 0 Å². The summed E-state index contributed by atoms with van der Waals surface area (Å²) in [5.41, 5.74) is 15.0. The van der Waals surface area contributed by atoms with Crippen LogP contribution in [0.3, 0.4) is 0 Å². The number of carbonyl (C=O) groups excluding carboxylic acids is 5. The Balaban J connectivity index is 0.000000189. The van der Waals surface area contributed by atoms with Crippen LogP contribution in [0.1, 0.15) is 135 Å². The molecular weight excluding hydrogens is 1790 g/mol. The van der Waals surface area contributed by atoms with E-state index in [0.29, 0.717) is 24.5 Å². The van der Waals surface area contributed by atoms with Gasteiger partial charge < -0.3 is 118 Å². The lowest BCUT2D eigenvalue weighted by molar-refractivity contribution is -0.203. The minimum atomic E-state index is -5.03. The number of fused-ring (bicyclic) bond motifs is 4. The molecule has 4 saturated heterocycles. The Morgan fingerprint density at radius 1 is 0.462 bits per heavy atom. The van der Waals surface area contributed by atoms with Crippen molar-refractivity contribution in [2.45, 2.75) is 210 Å². The first-order valence-electron chi connectivity index (χ1n) is 41.7. The average molecular weight is 1900 g/mol. The molecule has 0 saturated carbocycles. The Kier molecular flexibility index (Phi) is 32.1. The van der Waals surface area contributed by atoms with Gasteiger partial charge in [0, 0.05) is 25.9 Å². The van der Waals surface area contributed by atoms with Crippen molar-refractivity contribution >= 4 is 104 Å². The molecule has 712 valence electrons. The fourth-order valence-corrected chi connectivity index (χ4v) is 16.9. The second-order valence-electron chi connectivity index (χ2n) is 33.2. The average Bonchev–Trinajstić information content (AvgIpc) is 1.59. The van der Waals surface area contributed by atoms with Crippen LogP contribution in [0.5, 0.6) is 0 Å². The number of nitrogen functional groups attached to an aromatic ring is 2. The number of imidazole rings is 3. The molecule has 132 heavy (non-hydrogen) atoms. The predicted molar refractivity (Wildman–Crippen MR) is 465 cm³/mol. The Hall–Kier alpha value is -10.7. The highest BCUT2D eigenvalue weighted by atomic mass is 31.2. The van der Waals surface area contributed by atoms with Crippen LogP contribution >= 0.6 is 22.6 Å². The van der Waals surface area contributed by atoms with Gasteiger partial charge in [-0.2, -0.15) is 4.90 Å². The van der Waals surface area contributed by atoms with Crippen molar-refractivity contribution in [3.8, 4) is 0 Å². The van der Waals surface area contributed by atoms with Crippen LogP contribution in [0.15, 0.2) is 140 Å². The number of benzene rings is 4. The van der Waals surface area contributed by atoms with Crippen molar-refractivity contribution in [1.29, 1.82) is 0 Å². The number of hydrogen-bond acceptors (Lipinski definition) is 37. The van der Waals surface area contributed by atoms with E-state index in [1.54, 1.807) is 66.9 Å². The Morgan fingerprint density at radius 3 is 1.18 bits per heavy atom. The molecule has 0 aliphatic carbocycles. The quantitative estimate of drug-likeness (QED) is 0.0119. The second kappa shape index (κ2) is 42.2. The van der Waals surface area contributed by atoms with Crippen molar-refractivity contribution in [2.75, 3.05) is 62.7 Å². The number of anilines is 3. The van der Waals surface area contributed by atoms with E-state index in [1.807, 2.05) is 121 Å². The number of nitrogens with two attached hydrogens (primary N) is 2. The van der Waals surface area contributed by atoms with Gasteiger partial charge in [0.05, 0.1) is 65.2 Å². The number of rotatable bonds is 31. The van der Waals surface area contributed by atoms with Crippen LogP contribution < -0.4 is 16.4 Å². The maximum absolute atomic E-state index is 14.0. The van der Waals surface area contributed by atoms with E-state index in [-0.39, 0.29) is 96.2 Å². The van der Waals surface area contributed by atoms with Gasteiger partial charge in [0.1, 0.15) is 94.6 Å². The lowest BCUT2D eigenvalue weighted by Crippen LogP contribution is -2.44. The van der Waals surface area contributed by atoms with E-state index in [1.165, 1.54) is 48.6 Å². The topological polar surface area (TPSA) is 614 Å². The molecule has 10 aromatic rings. The van der Waals surface area contributed by atoms with Crippen molar-refractivity contribution in [3.05, 3.63) is 180 Å². The molecule has 12 N–H and O–H groups in total. The molecule has 2 unspecified atom stereocenters. The van der Waals surface area contributed by atoms with Gasteiger partial charge in [0.25, 0.3) is 11.7 Å². The number of aromatic nitrogens is 12. The Labute approximate surface area is 755 Å². The Morgan fingerprint density at radius 2 is 0.795 bits per heavy atom. The highest BCUT2D eigenvalue weighted by Crippen LogP contribution is 2.52. The molecule has 4 aliphatic heterocycles. The first-order valence-corrected chi connectivity index (χ1v) is 47.2. The van der Waals surface area contributed by atoms with Crippen molar-refractivity contribution in [1.82, 2.24) is 58.6 Å². The van der Waals surface area contributed by atoms with Crippen molar-refractivity contribution < 1.29 is 144 Å². The standard InChI is InChI=1S/C42H54N5O12P.2C21H26N5O9P/c1-11-52-36(48)37(60(10,51)54-23-27-20-16-13-17-21-27)53-24-28-31-32(57-42(8,9)56-31)35(55-28)46-25-43-30-33(46)44-29(22-26-18-14-12-15-19-26)45-34(30)47(38(49)58-40(2,3)4)39(50)59-41(5,6)7;2*1-2-33-20(29)21(36(30,31)32)34-9-12-15(27)16(28)19(35-12)26-10-23-14-17(22)24-13(25-18(14)26)8-11-6-4-3-5-7-11/h12-21,25,28,31-32,35,37H,11,22-24H2,1-10H3;2*3-7,10,12,15-16,19,21,27-28H,2,8-9H2,1H3,(H2,22,24,25)(H2,30,31,32)/t28-,31-,32-,35-,37?,60?;12-,15-,16-,19-,21+;12-,15-,16-,19-,21-/m111/s1. The van der Waals surface area contributed by atoms with Crippen LogP contribution in [0.25, 0.3) is 33.5 Å². The van der Waals surface area contributed by atoms with Gasteiger partial charge in [-0.05, 0) is 98.4 Å². The van der Waals surface area contributed by atoms with E-state index in [2.05, 4.69) is 44.4 Å². The minimum Gasteiger partial charge on any atom is -0.464 e. The third-order valence-electron chi connectivity index (χ3n) is 20.1. The summed E-state index contributed by atoms with van der Waals surface area (Å²) in [6, 6.07) is 37.5. The lowest BCUT2D eigenvalue weighted by Gasteiger charge is -2.28. The van der Waals surface area contributed by atoms with Crippen molar-refractivity contribution in [3.63, 3.8) is 0 Å². The number of aliphatic hydroxyl groups is 4. The van der Waals surface area contributed by atoms with E-state index in [0.717, 1.165) is 27.2 Å². The lowest BCUT2D eigenvalue weighted by atomic mass is 10.1. The predicted octanol–water partition coefficient (Wildman–Crippen LogP) is 6.95. The monoisotopic (exact) mass is 1900 g/mol. The number of carbonyl (C=O) groups is 5. The van der Waals surface area contributed by atoms with Gasteiger partial charge in [-0.3, -0.25) is 27.4 Å². The fraction of sp³-hybridized carbons (Fsp3) is 0.476. The minimum absolute atomic E-state index is 0.0190.